The highest BCUT2D eigenvalue weighted by Gasteiger charge is 2.14. The first-order valence-corrected chi connectivity index (χ1v) is 9.16. The van der Waals surface area contributed by atoms with Gasteiger partial charge in [0.25, 0.3) is 0 Å². The third kappa shape index (κ3) is 5.34. The number of hydrogen-bond acceptors (Lipinski definition) is 4. The minimum atomic E-state index is -0.103. The Morgan fingerprint density at radius 3 is 2.52 bits per heavy atom. The molecule has 1 aliphatic rings. The van der Waals surface area contributed by atoms with Gasteiger partial charge in [-0.05, 0) is 41.3 Å². The molecule has 2 aromatic rings. The number of nitrogens with one attached hydrogen (secondary N) is 1. The Hall–Kier alpha value is -2.79. The van der Waals surface area contributed by atoms with Crippen molar-refractivity contribution < 1.29 is 14.3 Å². The predicted molar refractivity (Wildman–Crippen MR) is 107 cm³/mol. The van der Waals surface area contributed by atoms with Crippen LogP contribution in [-0.4, -0.2) is 44.7 Å². The van der Waals surface area contributed by atoms with Crippen molar-refractivity contribution >= 4 is 12.0 Å². The van der Waals surface area contributed by atoms with E-state index >= 15 is 0 Å². The van der Waals surface area contributed by atoms with E-state index in [2.05, 4.69) is 34.5 Å². The fourth-order valence-corrected chi connectivity index (χ4v) is 3.24. The largest absolute Gasteiger partial charge is 0.497 e. The zero-order valence-electron chi connectivity index (χ0n) is 15.9. The summed E-state index contributed by atoms with van der Waals surface area (Å²) in [5, 5.41) is 2.95. The van der Waals surface area contributed by atoms with E-state index in [1.807, 2.05) is 12.1 Å². The minimum absolute atomic E-state index is 0.103. The van der Waals surface area contributed by atoms with Crippen LogP contribution in [0.25, 0.3) is 6.08 Å². The lowest BCUT2D eigenvalue weighted by Gasteiger charge is -2.28. The second kappa shape index (κ2) is 9.24. The second-order valence-corrected chi connectivity index (χ2v) is 6.57. The Balaban J connectivity index is 1.47. The first-order valence-electron chi connectivity index (χ1n) is 9.16. The van der Waals surface area contributed by atoms with Crippen molar-refractivity contribution in [3.63, 3.8) is 0 Å². The van der Waals surface area contributed by atoms with Gasteiger partial charge in [-0.2, -0.15) is 0 Å². The van der Waals surface area contributed by atoms with Crippen molar-refractivity contribution in [2.75, 3.05) is 33.9 Å². The van der Waals surface area contributed by atoms with Crippen molar-refractivity contribution in [3.8, 4) is 11.5 Å². The van der Waals surface area contributed by atoms with Gasteiger partial charge in [0, 0.05) is 38.3 Å². The molecule has 0 unspecified atom stereocenters. The number of benzene rings is 2. The minimum Gasteiger partial charge on any atom is -0.497 e. The van der Waals surface area contributed by atoms with Gasteiger partial charge in [-0.15, -0.1) is 0 Å². The van der Waals surface area contributed by atoms with Gasteiger partial charge in [0.1, 0.15) is 11.5 Å². The molecular weight excluding hydrogens is 340 g/mol. The van der Waals surface area contributed by atoms with E-state index in [1.165, 1.54) is 11.1 Å². The van der Waals surface area contributed by atoms with Gasteiger partial charge in [-0.3, -0.25) is 9.69 Å². The zero-order chi connectivity index (χ0) is 19.1. The highest BCUT2D eigenvalue weighted by Crippen LogP contribution is 2.23. The molecule has 2 aromatic carbocycles. The van der Waals surface area contributed by atoms with Gasteiger partial charge in [0.2, 0.25) is 5.91 Å². The van der Waals surface area contributed by atoms with Crippen LogP contribution in [0.2, 0.25) is 0 Å². The number of carbonyl (C=O) groups excluding carboxylic acids is 1. The van der Waals surface area contributed by atoms with Crippen molar-refractivity contribution in [1.82, 2.24) is 10.2 Å². The van der Waals surface area contributed by atoms with Crippen molar-refractivity contribution in [2.24, 2.45) is 0 Å². The summed E-state index contributed by atoms with van der Waals surface area (Å²) in [6, 6.07) is 14.1. The van der Waals surface area contributed by atoms with Crippen LogP contribution >= 0.6 is 0 Å². The van der Waals surface area contributed by atoms with Crippen molar-refractivity contribution in [1.29, 1.82) is 0 Å². The summed E-state index contributed by atoms with van der Waals surface area (Å²) in [7, 11) is 3.21. The number of amides is 1. The molecule has 5 heteroatoms. The Morgan fingerprint density at radius 1 is 1.11 bits per heavy atom. The van der Waals surface area contributed by atoms with Gasteiger partial charge in [0.15, 0.2) is 0 Å². The molecule has 1 amide bonds. The highest BCUT2D eigenvalue weighted by molar-refractivity contribution is 5.91. The Kier molecular flexibility index (Phi) is 6.49. The summed E-state index contributed by atoms with van der Waals surface area (Å²) in [5.41, 5.74) is 3.69. The first-order chi connectivity index (χ1) is 13.2. The molecule has 3 rings (SSSR count). The number of fused-ring (bicyclic) bond motifs is 1. The molecule has 0 fully saturated rings. The number of methoxy groups -OCH3 is 2. The third-order valence-electron chi connectivity index (χ3n) is 4.74. The second-order valence-electron chi connectivity index (χ2n) is 6.57. The number of ether oxygens (including phenoxy) is 2. The normalized spacial score (nSPS) is 14.0. The zero-order valence-corrected chi connectivity index (χ0v) is 15.9. The number of hydrogen-bond donors (Lipinski definition) is 1. The molecule has 1 N–H and O–H groups in total. The van der Waals surface area contributed by atoms with E-state index in [0.717, 1.165) is 31.6 Å². The van der Waals surface area contributed by atoms with E-state index in [-0.39, 0.29) is 5.91 Å². The molecule has 0 spiro atoms. The van der Waals surface area contributed by atoms with Crippen LogP contribution in [0, 0.1) is 0 Å². The summed E-state index contributed by atoms with van der Waals surface area (Å²) in [6.45, 7) is 3.46. The maximum absolute atomic E-state index is 12.1. The lowest BCUT2D eigenvalue weighted by Crippen LogP contribution is -2.37. The van der Waals surface area contributed by atoms with Gasteiger partial charge in [0.05, 0.1) is 14.2 Å². The van der Waals surface area contributed by atoms with Crippen LogP contribution in [0.4, 0.5) is 0 Å². The topological polar surface area (TPSA) is 50.8 Å². The van der Waals surface area contributed by atoms with E-state index < -0.39 is 0 Å². The highest BCUT2D eigenvalue weighted by atomic mass is 16.5. The lowest BCUT2D eigenvalue weighted by molar-refractivity contribution is -0.116. The van der Waals surface area contributed by atoms with Crippen LogP contribution in [0.1, 0.15) is 16.7 Å². The predicted octanol–water partition coefficient (Wildman–Crippen LogP) is 2.89. The number of rotatable bonds is 7. The van der Waals surface area contributed by atoms with Crippen LogP contribution in [-0.2, 0) is 17.8 Å². The molecule has 142 valence electrons. The molecule has 1 aliphatic heterocycles. The Labute approximate surface area is 160 Å². The fraction of sp³-hybridized carbons (Fsp3) is 0.318. The van der Waals surface area contributed by atoms with Gasteiger partial charge in [-0.25, -0.2) is 0 Å². The van der Waals surface area contributed by atoms with Gasteiger partial charge in [-0.1, -0.05) is 24.3 Å². The average molecular weight is 366 g/mol. The molecule has 0 aliphatic carbocycles. The van der Waals surface area contributed by atoms with Crippen LogP contribution in [0.5, 0.6) is 11.5 Å². The Bertz CT molecular complexity index is 795. The molecule has 5 nitrogen and oxygen atoms in total. The lowest BCUT2D eigenvalue weighted by atomic mass is 10.00. The van der Waals surface area contributed by atoms with Crippen LogP contribution in [0.15, 0.2) is 48.5 Å². The quantitative estimate of drug-likeness (QED) is 0.766. The van der Waals surface area contributed by atoms with E-state index in [0.29, 0.717) is 18.0 Å². The average Bonchev–Trinajstić information content (AvgIpc) is 2.71. The molecule has 0 radical (unpaired) electrons. The van der Waals surface area contributed by atoms with Gasteiger partial charge >= 0.3 is 0 Å². The van der Waals surface area contributed by atoms with Crippen molar-refractivity contribution in [3.05, 3.63) is 65.2 Å². The van der Waals surface area contributed by atoms with E-state index in [1.54, 1.807) is 32.4 Å². The van der Waals surface area contributed by atoms with Gasteiger partial charge < -0.3 is 14.8 Å². The molecule has 0 bridgehead atoms. The number of nitrogens with zero attached hydrogens (tertiary/aromatic N) is 1. The molecule has 0 saturated heterocycles. The maximum atomic E-state index is 12.1. The first kappa shape index (κ1) is 19.0. The molecule has 0 atom stereocenters. The molecule has 27 heavy (non-hydrogen) atoms. The van der Waals surface area contributed by atoms with Crippen LogP contribution in [0.3, 0.4) is 0 Å². The summed E-state index contributed by atoms with van der Waals surface area (Å²) in [4.78, 5) is 14.5. The fourth-order valence-electron chi connectivity index (χ4n) is 3.24. The summed E-state index contributed by atoms with van der Waals surface area (Å²) >= 11 is 0. The Morgan fingerprint density at radius 2 is 1.81 bits per heavy atom. The third-order valence-corrected chi connectivity index (χ3v) is 4.74. The van der Waals surface area contributed by atoms with E-state index in [4.69, 9.17) is 9.47 Å². The smallest absolute Gasteiger partial charge is 0.244 e. The molecule has 1 heterocycles. The number of carbonyl (C=O) groups is 1. The van der Waals surface area contributed by atoms with Crippen molar-refractivity contribution in [2.45, 2.75) is 13.0 Å². The summed E-state index contributed by atoms with van der Waals surface area (Å²) in [5.74, 6) is 1.29. The molecular formula is C22H26N2O3. The standard InChI is InChI=1S/C22H26N2O3/c1-26-20-13-17(14-21(15-20)27-2)7-8-22(25)23-10-12-24-11-9-18-5-3-4-6-19(18)16-24/h3-8,13-15H,9-12,16H2,1-2H3,(H,23,25). The summed E-state index contributed by atoms with van der Waals surface area (Å²) in [6.07, 6.45) is 4.37. The van der Waals surface area contributed by atoms with E-state index in [9.17, 15) is 4.79 Å². The maximum Gasteiger partial charge on any atom is 0.244 e. The summed E-state index contributed by atoms with van der Waals surface area (Å²) < 4.78 is 10.5. The SMILES string of the molecule is COc1cc(C=CC(=O)NCCN2CCc3ccccc3C2)cc(OC)c1. The molecule has 0 aromatic heterocycles. The molecule has 0 saturated carbocycles. The monoisotopic (exact) mass is 366 g/mol. The van der Waals surface area contributed by atoms with Crippen LogP contribution < -0.4 is 14.8 Å².